The van der Waals surface area contributed by atoms with Crippen LogP contribution in [0.15, 0.2) is 17.5 Å². The topological polar surface area (TPSA) is 43.8 Å². The maximum atomic E-state index is 12.2. The Balaban J connectivity index is 1.80. The van der Waals surface area contributed by atoms with Crippen LogP contribution >= 0.6 is 11.3 Å². The first kappa shape index (κ1) is 14.5. The van der Waals surface area contributed by atoms with Crippen molar-refractivity contribution in [2.75, 3.05) is 26.7 Å². The first-order valence-electron chi connectivity index (χ1n) is 6.73. The lowest BCUT2D eigenvalue weighted by Crippen LogP contribution is -2.46. The van der Waals surface area contributed by atoms with E-state index in [4.69, 9.17) is 0 Å². The van der Waals surface area contributed by atoms with Gasteiger partial charge in [0.2, 0.25) is 5.91 Å². The van der Waals surface area contributed by atoms with Gasteiger partial charge in [0, 0.05) is 25.0 Å². The van der Waals surface area contributed by atoms with Crippen molar-refractivity contribution in [3.8, 4) is 0 Å². The lowest BCUT2D eigenvalue weighted by molar-refractivity contribution is -0.132. The molecule has 2 atom stereocenters. The summed E-state index contributed by atoms with van der Waals surface area (Å²) in [5.41, 5.74) is 0. The average molecular weight is 282 g/mol. The number of carbonyl (C=O) groups is 1. The normalized spacial score (nSPS) is 24.4. The van der Waals surface area contributed by atoms with Gasteiger partial charge in [-0.15, -0.1) is 11.3 Å². The Bertz CT molecular complexity index is 408. The second kappa shape index (κ2) is 6.50. The van der Waals surface area contributed by atoms with Gasteiger partial charge in [-0.2, -0.15) is 0 Å². The van der Waals surface area contributed by atoms with Gasteiger partial charge < -0.3 is 10.0 Å². The number of rotatable bonds is 4. The zero-order chi connectivity index (χ0) is 13.8. The predicted molar refractivity (Wildman–Crippen MR) is 77.0 cm³/mol. The number of piperidine rings is 1. The van der Waals surface area contributed by atoms with E-state index >= 15 is 0 Å². The Morgan fingerprint density at radius 1 is 1.63 bits per heavy atom. The molecule has 2 unspecified atom stereocenters. The first-order chi connectivity index (χ1) is 9.06. The number of hydrogen-bond acceptors (Lipinski definition) is 4. The molecule has 0 spiro atoms. The molecule has 1 aromatic rings. The van der Waals surface area contributed by atoms with E-state index in [9.17, 15) is 9.90 Å². The van der Waals surface area contributed by atoms with Gasteiger partial charge in [-0.05, 0) is 23.8 Å². The fraction of sp³-hybridized carbons (Fsp3) is 0.643. The van der Waals surface area contributed by atoms with Gasteiger partial charge in [0.15, 0.2) is 0 Å². The van der Waals surface area contributed by atoms with E-state index < -0.39 is 0 Å². The van der Waals surface area contributed by atoms with Crippen LogP contribution in [0.5, 0.6) is 0 Å². The number of likely N-dealkylation sites (N-methyl/N-ethyl adjacent to an activating group) is 1. The molecule has 1 aliphatic heterocycles. The third-order valence-electron chi connectivity index (χ3n) is 3.70. The van der Waals surface area contributed by atoms with Crippen molar-refractivity contribution in [3.05, 3.63) is 22.4 Å². The molecule has 1 saturated heterocycles. The Kier molecular flexibility index (Phi) is 4.96. The Hall–Kier alpha value is -0.910. The van der Waals surface area contributed by atoms with Gasteiger partial charge >= 0.3 is 0 Å². The molecule has 1 aliphatic rings. The molecule has 1 amide bonds. The third-order valence-corrected chi connectivity index (χ3v) is 4.56. The van der Waals surface area contributed by atoms with Crippen LogP contribution in [0.3, 0.4) is 0 Å². The highest BCUT2D eigenvalue weighted by Crippen LogP contribution is 2.17. The number of aliphatic hydroxyl groups is 1. The van der Waals surface area contributed by atoms with Gasteiger partial charge in [0.05, 0.1) is 19.2 Å². The zero-order valence-corrected chi connectivity index (χ0v) is 12.4. The van der Waals surface area contributed by atoms with Gasteiger partial charge in [0.25, 0.3) is 0 Å². The molecule has 106 valence electrons. The number of carbonyl (C=O) groups excluding carboxylic acids is 1. The number of amides is 1. The summed E-state index contributed by atoms with van der Waals surface area (Å²) >= 11 is 1.67. The largest absolute Gasteiger partial charge is 0.393 e. The van der Waals surface area contributed by atoms with E-state index in [1.165, 1.54) is 4.88 Å². The Labute approximate surface area is 118 Å². The van der Waals surface area contributed by atoms with Gasteiger partial charge in [-0.25, -0.2) is 0 Å². The Morgan fingerprint density at radius 3 is 3.05 bits per heavy atom. The highest BCUT2D eigenvalue weighted by molar-refractivity contribution is 7.09. The van der Waals surface area contributed by atoms with E-state index in [2.05, 4.69) is 4.90 Å². The fourth-order valence-corrected chi connectivity index (χ4v) is 3.16. The first-order valence-corrected chi connectivity index (χ1v) is 7.61. The summed E-state index contributed by atoms with van der Waals surface area (Å²) in [5.74, 6) is 0.404. The third kappa shape index (κ3) is 4.03. The molecular formula is C14H22N2O2S. The van der Waals surface area contributed by atoms with Gasteiger partial charge in [-0.3, -0.25) is 9.69 Å². The average Bonchev–Trinajstić information content (AvgIpc) is 2.86. The van der Waals surface area contributed by atoms with Crippen LogP contribution in [0.4, 0.5) is 0 Å². The highest BCUT2D eigenvalue weighted by Gasteiger charge is 2.26. The van der Waals surface area contributed by atoms with E-state index in [1.807, 2.05) is 31.5 Å². The minimum atomic E-state index is -0.213. The van der Waals surface area contributed by atoms with Crippen molar-refractivity contribution in [1.29, 1.82) is 0 Å². The van der Waals surface area contributed by atoms with Crippen molar-refractivity contribution < 1.29 is 9.90 Å². The molecule has 1 N–H and O–H groups in total. The summed E-state index contributed by atoms with van der Waals surface area (Å²) in [5, 5.41) is 11.7. The second-order valence-corrected chi connectivity index (χ2v) is 6.43. The standard InChI is InChI=1S/C14H22N2O2S/c1-11-8-16(6-5-13(11)17)10-14(18)15(2)9-12-4-3-7-19-12/h3-4,7,11,13,17H,5-6,8-10H2,1-2H3. The molecule has 1 aromatic heterocycles. The molecule has 2 rings (SSSR count). The number of thiophene rings is 1. The number of likely N-dealkylation sites (tertiary alicyclic amines) is 1. The Morgan fingerprint density at radius 2 is 2.42 bits per heavy atom. The molecule has 0 radical (unpaired) electrons. The number of nitrogens with zero attached hydrogens (tertiary/aromatic N) is 2. The summed E-state index contributed by atoms with van der Waals surface area (Å²) in [6, 6.07) is 4.06. The minimum absolute atomic E-state index is 0.150. The SMILES string of the molecule is CC1CN(CC(=O)N(C)Cc2cccs2)CCC1O. The van der Waals surface area contributed by atoms with Crippen LogP contribution < -0.4 is 0 Å². The maximum absolute atomic E-state index is 12.2. The summed E-state index contributed by atoms with van der Waals surface area (Å²) in [6.45, 7) is 4.79. The summed E-state index contributed by atoms with van der Waals surface area (Å²) in [6.07, 6.45) is 0.554. The smallest absolute Gasteiger partial charge is 0.236 e. The van der Waals surface area contributed by atoms with Crippen molar-refractivity contribution in [2.45, 2.75) is 26.0 Å². The monoisotopic (exact) mass is 282 g/mol. The minimum Gasteiger partial charge on any atom is -0.393 e. The van der Waals surface area contributed by atoms with Crippen molar-refractivity contribution in [1.82, 2.24) is 9.80 Å². The van der Waals surface area contributed by atoms with Crippen LogP contribution in [0.25, 0.3) is 0 Å². The molecule has 0 saturated carbocycles. The fourth-order valence-electron chi connectivity index (χ4n) is 2.40. The highest BCUT2D eigenvalue weighted by atomic mass is 32.1. The molecule has 5 heteroatoms. The van der Waals surface area contributed by atoms with Crippen molar-refractivity contribution in [2.24, 2.45) is 5.92 Å². The lowest BCUT2D eigenvalue weighted by Gasteiger charge is -2.34. The van der Waals surface area contributed by atoms with Crippen LogP contribution in [0.1, 0.15) is 18.2 Å². The maximum Gasteiger partial charge on any atom is 0.236 e. The molecule has 0 bridgehead atoms. The van der Waals surface area contributed by atoms with Gasteiger partial charge in [-0.1, -0.05) is 13.0 Å². The molecule has 19 heavy (non-hydrogen) atoms. The molecule has 0 aliphatic carbocycles. The quantitative estimate of drug-likeness (QED) is 0.908. The number of hydrogen-bond donors (Lipinski definition) is 1. The summed E-state index contributed by atoms with van der Waals surface area (Å²) in [7, 11) is 1.85. The predicted octanol–water partition coefficient (Wildman–Crippen LogP) is 1.41. The van der Waals surface area contributed by atoms with Crippen LogP contribution in [0.2, 0.25) is 0 Å². The van der Waals surface area contributed by atoms with E-state index in [1.54, 1.807) is 16.2 Å². The van der Waals surface area contributed by atoms with Crippen LogP contribution in [-0.2, 0) is 11.3 Å². The van der Waals surface area contributed by atoms with Crippen LogP contribution in [-0.4, -0.2) is 53.6 Å². The summed E-state index contributed by atoms with van der Waals surface area (Å²) < 4.78 is 0. The van der Waals surface area contributed by atoms with E-state index in [0.29, 0.717) is 13.1 Å². The summed E-state index contributed by atoms with van der Waals surface area (Å²) in [4.78, 5) is 17.3. The van der Waals surface area contributed by atoms with Gasteiger partial charge in [0.1, 0.15) is 0 Å². The van der Waals surface area contributed by atoms with Crippen molar-refractivity contribution >= 4 is 17.2 Å². The molecule has 2 heterocycles. The van der Waals surface area contributed by atoms with Crippen molar-refractivity contribution in [3.63, 3.8) is 0 Å². The van der Waals surface area contributed by atoms with E-state index in [0.717, 1.165) is 19.5 Å². The molecular weight excluding hydrogens is 260 g/mol. The lowest BCUT2D eigenvalue weighted by atomic mass is 9.97. The molecule has 1 fully saturated rings. The number of aliphatic hydroxyl groups excluding tert-OH is 1. The zero-order valence-electron chi connectivity index (χ0n) is 11.6. The molecule has 4 nitrogen and oxygen atoms in total. The second-order valence-electron chi connectivity index (χ2n) is 5.40. The van der Waals surface area contributed by atoms with E-state index in [-0.39, 0.29) is 17.9 Å². The van der Waals surface area contributed by atoms with Crippen LogP contribution in [0, 0.1) is 5.92 Å². The molecule has 0 aromatic carbocycles.